The Kier molecular flexibility index (Phi) is 13.1. The number of para-hydroxylation sites is 1. The molecule has 0 bridgehead atoms. The van der Waals surface area contributed by atoms with Crippen LogP contribution >= 0.6 is 11.6 Å². The zero-order chi connectivity index (χ0) is 36.4. The summed E-state index contributed by atoms with van der Waals surface area (Å²) in [7, 11) is 1.61. The molecule has 0 unspecified atom stereocenters. The molecule has 274 valence electrons. The van der Waals surface area contributed by atoms with Crippen LogP contribution in [-0.4, -0.2) is 90.8 Å². The number of carbonyl (C=O) groups excluding carboxylic acids is 3. The Morgan fingerprint density at radius 2 is 1.86 bits per heavy atom. The molecule has 0 spiro atoms. The van der Waals surface area contributed by atoms with E-state index in [-0.39, 0.29) is 56.5 Å². The lowest BCUT2D eigenvalue weighted by Crippen LogP contribution is -2.61. The van der Waals surface area contributed by atoms with Gasteiger partial charge in [-0.05, 0) is 42.5 Å². The molecule has 16 heteroatoms. The van der Waals surface area contributed by atoms with Gasteiger partial charge in [0.25, 0.3) is 0 Å². The highest BCUT2D eigenvalue weighted by Crippen LogP contribution is 2.32. The van der Waals surface area contributed by atoms with Crippen molar-refractivity contribution in [2.24, 2.45) is 0 Å². The van der Waals surface area contributed by atoms with Crippen LogP contribution in [0, 0.1) is 0 Å². The molecule has 0 radical (unpaired) electrons. The fraction of sp³-hybridized carbons (Fsp3) is 0.457. The van der Waals surface area contributed by atoms with Gasteiger partial charge in [0.15, 0.2) is 0 Å². The summed E-state index contributed by atoms with van der Waals surface area (Å²) in [5.41, 5.74) is 2.69. The van der Waals surface area contributed by atoms with Crippen molar-refractivity contribution in [1.82, 2.24) is 25.5 Å². The van der Waals surface area contributed by atoms with Gasteiger partial charge in [0, 0.05) is 42.7 Å². The van der Waals surface area contributed by atoms with Crippen molar-refractivity contribution in [1.29, 1.82) is 0 Å². The van der Waals surface area contributed by atoms with Crippen molar-refractivity contribution in [3.8, 4) is 11.8 Å². The molecule has 3 aromatic rings. The Morgan fingerprint density at radius 1 is 1.10 bits per heavy atom. The van der Waals surface area contributed by atoms with Gasteiger partial charge in [-0.25, -0.2) is 9.97 Å². The highest BCUT2D eigenvalue weighted by Gasteiger charge is 2.42. The maximum Gasteiger partial charge on any atom is 0.397 e. The Balaban J connectivity index is 1.17. The summed E-state index contributed by atoms with van der Waals surface area (Å²) in [5.74, 6) is -0.921. The molecule has 1 aliphatic carbocycles. The van der Waals surface area contributed by atoms with E-state index in [4.69, 9.17) is 25.8 Å². The van der Waals surface area contributed by atoms with Crippen LogP contribution in [0.5, 0.6) is 11.8 Å². The molecule has 1 aromatic heterocycles. The fourth-order valence-electron chi connectivity index (χ4n) is 5.67. The molecule has 1 saturated heterocycles. The number of alkyl halides is 3. The molecular weight excluding hydrogens is 693 g/mol. The number of hydrogen-bond donors (Lipinski definition) is 2. The summed E-state index contributed by atoms with van der Waals surface area (Å²) in [5, 5.41) is 5.72. The smallest absolute Gasteiger partial charge is 0.397 e. The number of hydrogen-bond acceptors (Lipinski definition) is 9. The van der Waals surface area contributed by atoms with Gasteiger partial charge in [-0.2, -0.15) is 13.2 Å². The molecule has 5 rings (SSSR count). The lowest BCUT2D eigenvalue weighted by atomic mass is 10.1. The minimum Gasteiger partial charge on any atom is -0.496 e. The van der Waals surface area contributed by atoms with E-state index >= 15 is 0 Å². The molecule has 3 amide bonds. The van der Waals surface area contributed by atoms with Crippen LogP contribution in [0.25, 0.3) is 0 Å². The Labute approximate surface area is 298 Å². The number of aromatic nitrogens is 2. The van der Waals surface area contributed by atoms with Crippen LogP contribution < -0.4 is 25.0 Å². The van der Waals surface area contributed by atoms with Crippen molar-refractivity contribution in [3.63, 3.8) is 0 Å². The molecule has 2 N–H and O–H groups in total. The van der Waals surface area contributed by atoms with Gasteiger partial charge in [0.2, 0.25) is 17.7 Å². The first-order valence-electron chi connectivity index (χ1n) is 16.6. The van der Waals surface area contributed by atoms with Gasteiger partial charge in [-0.3, -0.25) is 19.3 Å². The number of methoxy groups -OCH3 is 1. The number of anilines is 1. The SMILES string of the molecule is COc1ccccc1COCCCOc1ncc(N2C(=O)CNC[C@@H]2C(=O)N(Cc2cc(CCNC(=O)CC(F)(F)F)ccc2Cl)C2CC2)cn1. The number of rotatable bonds is 17. The lowest BCUT2D eigenvalue weighted by Gasteiger charge is -2.38. The summed E-state index contributed by atoms with van der Waals surface area (Å²) < 4.78 is 54.2. The van der Waals surface area contributed by atoms with E-state index < -0.39 is 24.5 Å². The molecule has 2 heterocycles. The predicted octanol–water partition coefficient (Wildman–Crippen LogP) is 4.23. The molecule has 2 aromatic carbocycles. The molecule has 1 atom stereocenters. The number of amides is 3. The molecule has 51 heavy (non-hydrogen) atoms. The second-order valence-corrected chi connectivity index (χ2v) is 12.6. The van der Waals surface area contributed by atoms with Crippen molar-refractivity contribution < 1.29 is 41.8 Å². The van der Waals surface area contributed by atoms with Gasteiger partial charge >= 0.3 is 12.2 Å². The molecule has 2 fully saturated rings. The average molecular weight is 733 g/mol. The number of ether oxygens (including phenoxy) is 3. The second kappa shape index (κ2) is 17.6. The molecule has 12 nitrogen and oxygen atoms in total. The van der Waals surface area contributed by atoms with Crippen LogP contribution in [0.3, 0.4) is 0 Å². The number of halogens is 4. The van der Waals surface area contributed by atoms with Gasteiger partial charge in [-0.1, -0.05) is 41.9 Å². The summed E-state index contributed by atoms with van der Waals surface area (Å²) in [6.07, 6.45) is -0.748. The van der Waals surface area contributed by atoms with Crippen LogP contribution in [0.1, 0.15) is 42.4 Å². The first kappa shape index (κ1) is 37.8. The number of benzene rings is 2. The van der Waals surface area contributed by atoms with Crippen molar-refractivity contribution >= 4 is 35.0 Å². The van der Waals surface area contributed by atoms with E-state index in [0.717, 1.165) is 29.7 Å². The maximum atomic E-state index is 14.1. The maximum absolute atomic E-state index is 14.1. The number of piperazine rings is 1. The third-order valence-electron chi connectivity index (χ3n) is 8.30. The highest BCUT2D eigenvalue weighted by molar-refractivity contribution is 6.31. The Bertz CT molecular complexity index is 1660. The lowest BCUT2D eigenvalue weighted by molar-refractivity contribution is -0.153. The number of nitrogens with one attached hydrogen (secondary N) is 2. The van der Waals surface area contributed by atoms with Gasteiger partial charge in [-0.15, -0.1) is 0 Å². The highest BCUT2D eigenvalue weighted by atomic mass is 35.5. The normalized spacial score (nSPS) is 16.1. The van der Waals surface area contributed by atoms with E-state index in [1.165, 1.54) is 17.3 Å². The summed E-state index contributed by atoms with van der Waals surface area (Å²) in [6.45, 7) is 1.60. The van der Waals surface area contributed by atoms with Crippen LogP contribution in [0.15, 0.2) is 54.9 Å². The zero-order valence-corrected chi connectivity index (χ0v) is 28.8. The van der Waals surface area contributed by atoms with Gasteiger partial charge in [0.05, 0.1) is 51.6 Å². The summed E-state index contributed by atoms with van der Waals surface area (Å²) >= 11 is 6.52. The molecular formula is C35H40ClF3N6O6. The third-order valence-corrected chi connectivity index (χ3v) is 8.67. The molecule has 1 aliphatic heterocycles. The quantitative estimate of drug-likeness (QED) is 0.196. The van der Waals surface area contributed by atoms with Crippen LogP contribution in [-0.2, 0) is 38.7 Å². The molecule has 1 saturated carbocycles. The van der Waals surface area contributed by atoms with E-state index in [0.29, 0.717) is 42.5 Å². The van der Waals surface area contributed by atoms with E-state index in [9.17, 15) is 27.6 Å². The van der Waals surface area contributed by atoms with Crippen molar-refractivity contribution in [2.45, 2.75) is 63.5 Å². The number of carbonyl (C=O) groups is 3. The Morgan fingerprint density at radius 3 is 2.59 bits per heavy atom. The zero-order valence-electron chi connectivity index (χ0n) is 28.1. The first-order valence-corrected chi connectivity index (χ1v) is 17.0. The monoisotopic (exact) mass is 732 g/mol. The van der Waals surface area contributed by atoms with Crippen LogP contribution in [0.2, 0.25) is 5.02 Å². The van der Waals surface area contributed by atoms with Crippen LogP contribution in [0.4, 0.5) is 18.9 Å². The predicted molar refractivity (Wildman–Crippen MR) is 181 cm³/mol. The first-order chi connectivity index (χ1) is 24.5. The Hall–Kier alpha value is -4.47. The van der Waals surface area contributed by atoms with E-state index in [2.05, 4.69) is 20.6 Å². The minimum absolute atomic E-state index is 0.0111. The van der Waals surface area contributed by atoms with E-state index in [1.54, 1.807) is 30.2 Å². The second-order valence-electron chi connectivity index (χ2n) is 12.2. The standard InChI is InChI=1S/C35H40ClF3N6O6/c1-49-30-6-3-2-5-24(30)22-50-13-4-14-51-34-42-17-27(18-43-34)45-29(19-40-20-32(45)47)33(48)44(26-8-9-26)21-25-15-23(7-10-28(25)36)11-12-41-31(46)16-35(37,38)39/h2-3,5-7,10,15,17-18,26,29,40H,4,8-9,11-14,16,19-22H2,1H3,(H,41,46)/t29-/m1/s1. The molecule has 2 aliphatic rings. The summed E-state index contributed by atoms with van der Waals surface area (Å²) in [6, 6.07) is 12.0. The fourth-order valence-corrected chi connectivity index (χ4v) is 5.85. The largest absolute Gasteiger partial charge is 0.496 e. The minimum atomic E-state index is -4.58. The average Bonchev–Trinajstić information content (AvgIpc) is 3.95. The number of nitrogens with zero attached hydrogens (tertiary/aromatic N) is 4. The summed E-state index contributed by atoms with van der Waals surface area (Å²) in [4.78, 5) is 50.5. The topological polar surface area (TPSA) is 135 Å². The van der Waals surface area contributed by atoms with Gasteiger partial charge < -0.3 is 29.7 Å². The van der Waals surface area contributed by atoms with E-state index in [1.807, 2.05) is 24.3 Å². The third kappa shape index (κ3) is 11.0. The van der Waals surface area contributed by atoms with Crippen molar-refractivity contribution in [2.75, 3.05) is 44.9 Å². The van der Waals surface area contributed by atoms with Gasteiger partial charge in [0.1, 0.15) is 18.2 Å². The van der Waals surface area contributed by atoms with Crippen molar-refractivity contribution in [3.05, 3.63) is 76.6 Å².